The quantitative estimate of drug-likeness (QED) is 0.570. The fraction of sp³-hybridized carbons (Fsp3) is 0.909. The van der Waals surface area contributed by atoms with Crippen LogP contribution in [0.4, 0.5) is 0 Å². The van der Waals surface area contributed by atoms with Crippen LogP contribution in [0.3, 0.4) is 0 Å². The summed E-state index contributed by atoms with van der Waals surface area (Å²) in [6.45, 7) is 7.14. The van der Waals surface area contributed by atoms with E-state index in [4.69, 9.17) is 13.3 Å². The van der Waals surface area contributed by atoms with Gasteiger partial charge in [0.05, 0.1) is 19.8 Å². The minimum Gasteiger partial charge on any atom is -0.372 e. The van der Waals surface area contributed by atoms with E-state index < -0.39 is 8.80 Å². The normalized spacial score (nSPS) is 32.4. The Hall–Kier alpha value is -0.473. The maximum Gasteiger partial charge on any atom is 0.501 e. The van der Waals surface area contributed by atoms with Gasteiger partial charge in [0.25, 0.3) is 0 Å². The van der Waals surface area contributed by atoms with Crippen LogP contribution in [0.5, 0.6) is 0 Å². The zero-order valence-electron chi connectivity index (χ0n) is 10.9. The van der Waals surface area contributed by atoms with Crippen LogP contribution >= 0.6 is 0 Å². The van der Waals surface area contributed by atoms with Gasteiger partial charge in [-0.15, -0.1) is 0 Å². The summed E-state index contributed by atoms with van der Waals surface area (Å²) >= 11 is 0. The van der Waals surface area contributed by atoms with Crippen LogP contribution < -0.4 is 5.32 Å². The Kier molecular flexibility index (Phi) is 5.13. The van der Waals surface area contributed by atoms with E-state index in [9.17, 15) is 4.79 Å². The lowest BCUT2D eigenvalue weighted by atomic mass is 10.4. The summed E-state index contributed by atoms with van der Waals surface area (Å²) in [5.41, 5.74) is 0. The fourth-order valence-electron chi connectivity index (χ4n) is 2.24. The highest BCUT2D eigenvalue weighted by Crippen LogP contribution is 2.21. The van der Waals surface area contributed by atoms with E-state index in [2.05, 4.69) is 10.2 Å². The molecule has 3 aliphatic rings. The lowest BCUT2D eigenvalue weighted by Gasteiger charge is -2.38. The number of nitrogens with one attached hydrogen (secondary N) is 1. The Balaban J connectivity index is 1.83. The molecule has 0 aromatic heterocycles. The summed E-state index contributed by atoms with van der Waals surface area (Å²) < 4.78 is 17.7. The molecular formula is C11H22N2O4Si. The van der Waals surface area contributed by atoms with Crippen LogP contribution in [0.2, 0.25) is 6.04 Å². The summed E-state index contributed by atoms with van der Waals surface area (Å²) in [5, 5.41) is 2.79. The first-order chi connectivity index (χ1) is 8.70. The van der Waals surface area contributed by atoms with Gasteiger partial charge in [-0.1, -0.05) is 0 Å². The van der Waals surface area contributed by atoms with Crippen molar-refractivity contribution in [3.05, 3.63) is 0 Å². The van der Waals surface area contributed by atoms with Crippen LogP contribution in [-0.4, -0.2) is 65.6 Å². The summed E-state index contributed by atoms with van der Waals surface area (Å²) in [6, 6.07) is 0.785. The van der Waals surface area contributed by atoms with E-state index in [0.29, 0.717) is 26.4 Å². The van der Waals surface area contributed by atoms with E-state index in [0.717, 1.165) is 32.1 Å². The average Bonchev–Trinajstić information content (AvgIpc) is 2.24. The van der Waals surface area contributed by atoms with Gasteiger partial charge in [-0.05, 0) is 6.42 Å². The van der Waals surface area contributed by atoms with Crippen molar-refractivity contribution in [2.45, 2.75) is 19.4 Å². The summed E-state index contributed by atoms with van der Waals surface area (Å²) in [7, 11) is -2.48. The van der Waals surface area contributed by atoms with E-state index in [1.165, 1.54) is 6.92 Å². The monoisotopic (exact) mass is 274 g/mol. The van der Waals surface area contributed by atoms with Crippen molar-refractivity contribution in [1.29, 1.82) is 0 Å². The third-order valence-electron chi connectivity index (χ3n) is 3.22. The second-order valence-corrected chi connectivity index (χ2v) is 7.39. The summed E-state index contributed by atoms with van der Waals surface area (Å²) in [5.74, 6) is 0.00268. The Bertz CT molecular complexity index is 264. The minimum atomic E-state index is -2.48. The second kappa shape index (κ2) is 6.62. The zero-order chi connectivity index (χ0) is 12.8. The smallest absolute Gasteiger partial charge is 0.372 e. The van der Waals surface area contributed by atoms with Crippen molar-refractivity contribution >= 4 is 14.7 Å². The van der Waals surface area contributed by atoms with Crippen LogP contribution in [-0.2, 0) is 18.1 Å². The molecule has 0 aromatic carbocycles. The molecule has 3 rings (SSSR count). The predicted molar refractivity (Wildman–Crippen MR) is 68.2 cm³/mol. The van der Waals surface area contributed by atoms with Gasteiger partial charge in [-0.2, -0.15) is 0 Å². The predicted octanol–water partition coefficient (Wildman–Crippen LogP) is -0.169. The number of hydrogen-bond acceptors (Lipinski definition) is 5. The van der Waals surface area contributed by atoms with E-state index in [-0.39, 0.29) is 5.91 Å². The molecule has 104 valence electrons. The van der Waals surface area contributed by atoms with Crippen molar-refractivity contribution in [3.63, 3.8) is 0 Å². The topological polar surface area (TPSA) is 60.0 Å². The Morgan fingerprint density at radius 3 is 2.22 bits per heavy atom. The first-order valence-corrected chi connectivity index (χ1v) is 8.52. The van der Waals surface area contributed by atoms with E-state index in [1.807, 2.05) is 0 Å². The molecule has 3 aliphatic heterocycles. The highest BCUT2D eigenvalue weighted by molar-refractivity contribution is 6.60. The van der Waals surface area contributed by atoms with Gasteiger partial charge in [0.1, 0.15) is 0 Å². The fourth-order valence-corrected chi connectivity index (χ4v) is 4.74. The third kappa shape index (κ3) is 4.03. The molecular weight excluding hydrogens is 252 g/mol. The molecule has 18 heavy (non-hydrogen) atoms. The molecule has 0 aromatic rings. The lowest BCUT2D eigenvalue weighted by molar-refractivity contribution is -0.118. The van der Waals surface area contributed by atoms with Crippen molar-refractivity contribution in [2.75, 3.05) is 46.0 Å². The number of hydrogen-bond donors (Lipinski definition) is 1. The van der Waals surface area contributed by atoms with Crippen LogP contribution in [0, 0.1) is 0 Å². The summed E-state index contributed by atoms with van der Waals surface area (Å²) in [6.07, 6.45) is 0.843. The SMILES string of the molecule is CC(=O)NCCC[Si]12OCCN(CCO1)CCO2. The average molecular weight is 274 g/mol. The molecule has 0 unspecified atom stereocenters. The number of amides is 1. The Morgan fingerprint density at radius 1 is 1.17 bits per heavy atom. The van der Waals surface area contributed by atoms with Crippen molar-refractivity contribution < 1.29 is 18.1 Å². The number of rotatable bonds is 4. The molecule has 3 heterocycles. The number of fused-ring (bicyclic) bond motifs is 6. The minimum absolute atomic E-state index is 0.00268. The van der Waals surface area contributed by atoms with Gasteiger partial charge >= 0.3 is 8.80 Å². The number of nitrogens with zero attached hydrogens (tertiary/aromatic N) is 1. The number of carbonyl (C=O) groups is 1. The highest BCUT2D eigenvalue weighted by atomic mass is 28.4. The highest BCUT2D eigenvalue weighted by Gasteiger charge is 2.43. The molecule has 3 saturated heterocycles. The second-order valence-electron chi connectivity index (χ2n) is 4.66. The molecule has 7 heteroatoms. The summed E-state index contributed by atoms with van der Waals surface area (Å²) in [4.78, 5) is 13.1. The Labute approximate surface area is 109 Å². The Morgan fingerprint density at radius 2 is 1.72 bits per heavy atom. The van der Waals surface area contributed by atoms with Crippen LogP contribution in [0.1, 0.15) is 13.3 Å². The molecule has 1 N–H and O–H groups in total. The molecule has 0 radical (unpaired) electrons. The van der Waals surface area contributed by atoms with Crippen molar-refractivity contribution in [2.24, 2.45) is 0 Å². The molecule has 3 fully saturated rings. The molecule has 1 amide bonds. The molecule has 0 spiro atoms. The molecule has 2 bridgehead atoms. The molecule has 0 saturated carbocycles. The maximum atomic E-state index is 10.8. The van der Waals surface area contributed by atoms with E-state index >= 15 is 0 Å². The van der Waals surface area contributed by atoms with Crippen molar-refractivity contribution in [1.82, 2.24) is 10.2 Å². The van der Waals surface area contributed by atoms with Gasteiger partial charge in [-0.25, -0.2) is 0 Å². The van der Waals surface area contributed by atoms with Gasteiger partial charge in [-0.3, -0.25) is 9.69 Å². The number of carbonyl (C=O) groups excluding carboxylic acids is 1. The molecule has 0 aliphatic carbocycles. The van der Waals surface area contributed by atoms with Gasteiger partial charge < -0.3 is 18.6 Å². The third-order valence-corrected chi connectivity index (χ3v) is 6.12. The maximum absolute atomic E-state index is 10.8. The van der Waals surface area contributed by atoms with Crippen LogP contribution in [0.25, 0.3) is 0 Å². The first-order valence-electron chi connectivity index (χ1n) is 6.59. The van der Waals surface area contributed by atoms with Crippen molar-refractivity contribution in [3.8, 4) is 0 Å². The lowest BCUT2D eigenvalue weighted by Crippen LogP contribution is -2.55. The first kappa shape index (κ1) is 13.9. The van der Waals surface area contributed by atoms with E-state index in [1.54, 1.807) is 0 Å². The standard InChI is InChI=1S/C11H22N2O4Si/c1-11(14)12-3-2-10-18-15-7-4-13(5-8-16-18)6-9-17-18/h2-10H2,1H3,(H,12,14). The van der Waals surface area contributed by atoms with Gasteiger partial charge in [0.15, 0.2) is 0 Å². The van der Waals surface area contributed by atoms with Gasteiger partial charge in [0, 0.05) is 39.1 Å². The molecule has 0 atom stereocenters. The van der Waals surface area contributed by atoms with Crippen LogP contribution in [0.15, 0.2) is 0 Å². The molecule has 6 nitrogen and oxygen atoms in total. The zero-order valence-corrected chi connectivity index (χ0v) is 11.9. The largest absolute Gasteiger partial charge is 0.501 e. The van der Waals surface area contributed by atoms with Gasteiger partial charge in [0.2, 0.25) is 5.91 Å².